The van der Waals surface area contributed by atoms with E-state index in [1.165, 1.54) is 6.07 Å². The van der Waals surface area contributed by atoms with Gasteiger partial charge in [0, 0.05) is 42.3 Å². The average Bonchev–Trinajstić information content (AvgIpc) is 2.69. The summed E-state index contributed by atoms with van der Waals surface area (Å²) in [5, 5.41) is 16.6. The van der Waals surface area contributed by atoms with Crippen LogP contribution in [0.4, 0.5) is 30.2 Å². The number of aliphatic hydroxyl groups is 1. The van der Waals surface area contributed by atoms with Crippen molar-refractivity contribution in [2.45, 2.75) is 31.3 Å². The second kappa shape index (κ2) is 8.00. The molecule has 3 N–H and O–H groups in total. The maximum Gasteiger partial charge on any atom is 0.224 e. The number of hydrogen-bond donors (Lipinski definition) is 3. The number of anilines is 3. The fourth-order valence-corrected chi connectivity index (χ4v) is 4.23. The first-order valence-electron chi connectivity index (χ1n) is 9.73. The van der Waals surface area contributed by atoms with E-state index in [4.69, 9.17) is 11.6 Å². The van der Waals surface area contributed by atoms with Crippen LogP contribution in [0.25, 0.3) is 0 Å². The van der Waals surface area contributed by atoms with Gasteiger partial charge in [-0.25, -0.2) is 13.2 Å². The lowest BCUT2D eigenvalue weighted by atomic mass is 9.90. The van der Waals surface area contributed by atoms with Crippen molar-refractivity contribution in [3.05, 3.63) is 52.3 Å². The number of nitrogens with one attached hydrogen (secondary N) is 2. The molecule has 0 radical (unpaired) electrons. The molecule has 160 valence electrons. The Morgan fingerprint density at radius 2 is 1.77 bits per heavy atom. The number of hydrogen-bond acceptors (Lipinski definition) is 4. The molecule has 4 rings (SSSR count). The number of carbonyl (C=O) groups is 1. The second-order valence-electron chi connectivity index (χ2n) is 7.78. The van der Waals surface area contributed by atoms with Crippen molar-refractivity contribution in [3.8, 4) is 0 Å². The number of amides is 1. The predicted octanol–water partition coefficient (Wildman–Crippen LogP) is 4.09. The van der Waals surface area contributed by atoms with Crippen molar-refractivity contribution in [2.24, 2.45) is 0 Å². The Labute approximate surface area is 176 Å². The van der Waals surface area contributed by atoms with Gasteiger partial charge in [0.15, 0.2) is 11.6 Å². The van der Waals surface area contributed by atoms with Gasteiger partial charge in [0.2, 0.25) is 5.91 Å². The van der Waals surface area contributed by atoms with E-state index in [0.717, 1.165) is 12.1 Å². The van der Waals surface area contributed by atoms with Crippen LogP contribution in [0.3, 0.4) is 0 Å². The third kappa shape index (κ3) is 4.06. The largest absolute Gasteiger partial charge is 0.388 e. The number of carbonyl (C=O) groups excluding carboxylic acids is 1. The van der Waals surface area contributed by atoms with E-state index in [1.54, 1.807) is 11.0 Å². The number of nitrogens with zero attached hydrogens (tertiary/aromatic N) is 1. The molecule has 0 spiro atoms. The molecular formula is C21H21ClF3N3O2. The molecule has 0 aliphatic carbocycles. The van der Waals surface area contributed by atoms with Crippen molar-refractivity contribution >= 4 is 34.6 Å². The monoisotopic (exact) mass is 439 g/mol. The summed E-state index contributed by atoms with van der Waals surface area (Å²) in [5.74, 6) is -2.19. The fraction of sp³-hybridized carbons (Fsp3) is 0.381. The first-order chi connectivity index (χ1) is 14.3. The van der Waals surface area contributed by atoms with E-state index in [0.29, 0.717) is 30.5 Å². The number of halogens is 4. The Balaban J connectivity index is 1.43. The van der Waals surface area contributed by atoms with E-state index in [9.17, 15) is 23.1 Å². The lowest BCUT2D eigenvalue weighted by Gasteiger charge is -2.40. The summed E-state index contributed by atoms with van der Waals surface area (Å²) in [6.45, 7) is 0.731. The normalized spacial score (nSPS) is 18.0. The van der Waals surface area contributed by atoms with Gasteiger partial charge < -0.3 is 20.6 Å². The molecule has 0 atom stereocenters. The minimum Gasteiger partial charge on any atom is -0.388 e. The van der Waals surface area contributed by atoms with Crippen molar-refractivity contribution < 1.29 is 23.1 Å². The number of piperidine rings is 1. The second-order valence-corrected chi connectivity index (χ2v) is 8.22. The zero-order valence-corrected chi connectivity index (χ0v) is 16.8. The first-order valence-corrected chi connectivity index (χ1v) is 10.1. The van der Waals surface area contributed by atoms with Crippen LogP contribution in [-0.4, -0.2) is 36.2 Å². The van der Waals surface area contributed by atoms with Crippen LogP contribution in [0, 0.1) is 17.5 Å². The minimum absolute atomic E-state index is 0.00900. The first kappa shape index (κ1) is 20.8. The van der Waals surface area contributed by atoms with Gasteiger partial charge in [-0.1, -0.05) is 11.6 Å². The van der Waals surface area contributed by atoms with Crippen molar-refractivity contribution in [1.29, 1.82) is 0 Å². The number of fused-ring (bicyclic) bond motifs is 1. The summed E-state index contributed by atoms with van der Waals surface area (Å²) in [5.41, 5.74) is 0.261. The molecule has 0 bridgehead atoms. The van der Waals surface area contributed by atoms with E-state index in [2.05, 4.69) is 10.6 Å². The van der Waals surface area contributed by atoms with Gasteiger partial charge in [-0.15, -0.1) is 0 Å². The molecule has 2 aromatic rings. The summed E-state index contributed by atoms with van der Waals surface area (Å²) in [6, 6.07) is 4.99. The van der Waals surface area contributed by atoms with Gasteiger partial charge >= 0.3 is 0 Å². The Morgan fingerprint density at radius 3 is 2.43 bits per heavy atom. The predicted molar refractivity (Wildman–Crippen MR) is 110 cm³/mol. The smallest absolute Gasteiger partial charge is 0.224 e. The molecule has 1 saturated heterocycles. The van der Waals surface area contributed by atoms with Crippen molar-refractivity contribution in [3.63, 3.8) is 0 Å². The Kier molecular flexibility index (Phi) is 5.55. The summed E-state index contributed by atoms with van der Waals surface area (Å²) in [7, 11) is 0. The van der Waals surface area contributed by atoms with Gasteiger partial charge in [-0.2, -0.15) is 0 Å². The molecule has 0 unspecified atom stereocenters. The number of benzene rings is 2. The van der Waals surface area contributed by atoms with Crippen LogP contribution in [0.15, 0.2) is 24.3 Å². The third-order valence-corrected chi connectivity index (χ3v) is 5.95. The zero-order valence-electron chi connectivity index (χ0n) is 16.1. The molecule has 30 heavy (non-hydrogen) atoms. The summed E-state index contributed by atoms with van der Waals surface area (Å²) in [4.78, 5) is 13.1. The van der Waals surface area contributed by atoms with Crippen LogP contribution in [-0.2, 0) is 11.2 Å². The number of rotatable bonds is 4. The molecule has 5 nitrogen and oxygen atoms in total. The van der Waals surface area contributed by atoms with Crippen LogP contribution in [0.2, 0.25) is 5.02 Å². The van der Waals surface area contributed by atoms with Crippen LogP contribution < -0.4 is 15.5 Å². The highest BCUT2D eigenvalue weighted by molar-refractivity contribution is 6.30. The average molecular weight is 440 g/mol. The quantitative estimate of drug-likeness (QED) is 0.671. The lowest BCUT2D eigenvalue weighted by molar-refractivity contribution is -0.116. The SMILES string of the molecule is O=C1CCc2c(NCC3(O)CCN(c4c(F)cc(Cl)cc4F)CC3)ccc(F)c2N1. The molecule has 0 aromatic heterocycles. The molecule has 2 aliphatic heterocycles. The summed E-state index contributed by atoms with van der Waals surface area (Å²) >= 11 is 5.68. The van der Waals surface area contributed by atoms with E-state index < -0.39 is 23.1 Å². The molecule has 2 heterocycles. The Hall–Kier alpha value is -2.45. The van der Waals surface area contributed by atoms with Gasteiger partial charge in [0.05, 0.1) is 11.3 Å². The van der Waals surface area contributed by atoms with Crippen molar-refractivity contribution in [2.75, 3.05) is 35.2 Å². The topological polar surface area (TPSA) is 64.6 Å². The fourth-order valence-electron chi connectivity index (χ4n) is 4.04. The molecule has 1 fully saturated rings. The Morgan fingerprint density at radius 1 is 1.10 bits per heavy atom. The molecular weight excluding hydrogens is 419 g/mol. The van der Waals surface area contributed by atoms with E-state index in [-0.39, 0.29) is 48.4 Å². The van der Waals surface area contributed by atoms with Gasteiger partial charge in [0.25, 0.3) is 0 Å². The maximum absolute atomic E-state index is 14.2. The highest BCUT2D eigenvalue weighted by Crippen LogP contribution is 2.34. The summed E-state index contributed by atoms with van der Waals surface area (Å²) in [6.07, 6.45) is 1.26. The van der Waals surface area contributed by atoms with E-state index >= 15 is 0 Å². The third-order valence-electron chi connectivity index (χ3n) is 5.73. The molecule has 2 aliphatic rings. The summed E-state index contributed by atoms with van der Waals surface area (Å²) < 4.78 is 42.4. The minimum atomic E-state index is -1.09. The molecule has 2 aromatic carbocycles. The zero-order chi connectivity index (χ0) is 21.5. The Bertz CT molecular complexity index is 971. The standard InChI is InChI=1S/C21H21ClF3N3O2/c22-12-9-15(24)20(16(25)10-12)28-7-5-21(30,6-8-28)11-26-17-3-2-14(23)19-13(17)1-4-18(29)27-19/h2-3,9-10,26,30H,1,4-8,11H2,(H,27,29). The van der Waals surface area contributed by atoms with Gasteiger partial charge in [-0.3, -0.25) is 4.79 Å². The van der Waals surface area contributed by atoms with E-state index in [1.807, 2.05) is 0 Å². The van der Waals surface area contributed by atoms with Crippen LogP contribution in [0.5, 0.6) is 0 Å². The molecule has 1 amide bonds. The molecule has 0 saturated carbocycles. The van der Waals surface area contributed by atoms with Crippen molar-refractivity contribution in [1.82, 2.24) is 0 Å². The maximum atomic E-state index is 14.2. The van der Waals surface area contributed by atoms with Gasteiger partial charge in [-0.05, 0) is 43.5 Å². The highest BCUT2D eigenvalue weighted by atomic mass is 35.5. The molecule has 9 heteroatoms. The van der Waals surface area contributed by atoms with Gasteiger partial charge in [0.1, 0.15) is 11.5 Å². The highest BCUT2D eigenvalue weighted by Gasteiger charge is 2.34. The van der Waals surface area contributed by atoms with Crippen LogP contribution >= 0.6 is 11.6 Å². The van der Waals surface area contributed by atoms with Crippen LogP contribution in [0.1, 0.15) is 24.8 Å². The lowest BCUT2D eigenvalue weighted by Crippen LogP contribution is -2.48.